The largest absolute Gasteiger partial charge is 0.495 e. The molecule has 2 unspecified atom stereocenters. The molecule has 2 atom stereocenters. The first-order valence-electron chi connectivity index (χ1n) is 7.72. The molecule has 0 bridgehead atoms. The maximum absolute atomic E-state index is 5.63. The molecule has 21 heavy (non-hydrogen) atoms. The lowest BCUT2D eigenvalue weighted by atomic mass is 9.93. The van der Waals surface area contributed by atoms with E-state index in [1.165, 1.54) is 12.0 Å². The highest BCUT2D eigenvalue weighted by molar-refractivity contribution is 9.10. The molecule has 0 aliphatic rings. The van der Waals surface area contributed by atoms with Gasteiger partial charge in [-0.05, 0) is 53.4 Å². The van der Waals surface area contributed by atoms with Crippen LogP contribution in [0.1, 0.15) is 51.6 Å². The zero-order valence-electron chi connectivity index (χ0n) is 13.8. The lowest BCUT2D eigenvalue weighted by molar-refractivity contribution is 0.362. The molecule has 0 radical (unpaired) electrons. The van der Waals surface area contributed by atoms with Crippen molar-refractivity contribution in [3.63, 3.8) is 0 Å². The fourth-order valence-electron chi connectivity index (χ4n) is 2.40. The molecule has 0 fully saturated rings. The van der Waals surface area contributed by atoms with Crippen LogP contribution in [-0.2, 0) is 0 Å². The molecule has 1 N–H and O–H groups in total. The van der Waals surface area contributed by atoms with Gasteiger partial charge in [-0.2, -0.15) is 0 Å². The molecule has 3 nitrogen and oxygen atoms in total. The number of halogens is 1. The van der Waals surface area contributed by atoms with Gasteiger partial charge in [-0.15, -0.1) is 0 Å². The summed E-state index contributed by atoms with van der Waals surface area (Å²) < 4.78 is 11.9. The molecule has 0 aliphatic heterocycles. The van der Waals surface area contributed by atoms with Gasteiger partial charge in [-0.25, -0.2) is 0 Å². The van der Waals surface area contributed by atoms with E-state index in [9.17, 15) is 0 Å². The lowest BCUT2D eigenvalue weighted by Crippen LogP contribution is -2.24. The zero-order chi connectivity index (χ0) is 15.8. The number of benzene rings is 1. The SMILES string of the molecule is CCCNC(CC(C)CC)c1ccc(OC)c(Br)c1OC. The Kier molecular flexibility index (Phi) is 8.12. The lowest BCUT2D eigenvalue weighted by Gasteiger charge is -2.25. The summed E-state index contributed by atoms with van der Waals surface area (Å²) in [6, 6.07) is 4.41. The minimum absolute atomic E-state index is 0.303. The number of nitrogens with one attached hydrogen (secondary N) is 1. The monoisotopic (exact) mass is 357 g/mol. The van der Waals surface area contributed by atoms with E-state index in [1.807, 2.05) is 6.07 Å². The van der Waals surface area contributed by atoms with Crippen LogP contribution in [0.5, 0.6) is 11.5 Å². The van der Waals surface area contributed by atoms with E-state index in [0.29, 0.717) is 12.0 Å². The zero-order valence-corrected chi connectivity index (χ0v) is 15.4. The van der Waals surface area contributed by atoms with Gasteiger partial charge >= 0.3 is 0 Å². The van der Waals surface area contributed by atoms with E-state index in [2.05, 4.69) is 48.1 Å². The van der Waals surface area contributed by atoms with E-state index in [1.54, 1.807) is 14.2 Å². The Morgan fingerprint density at radius 2 is 1.90 bits per heavy atom. The maximum atomic E-state index is 5.63. The van der Waals surface area contributed by atoms with Crippen LogP contribution in [-0.4, -0.2) is 20.8 Å². The summed E-state index contributed by atoms with van der Waals surface area (Å²) in [6.45, 7) is 7.73. The van der Waals surface area contributed by atoms with Gasteiger partial charge in [0.1, 0.15) is 16.0 Å². The van der Waals surface area contributed by atoms with Crippen molar-refractivity contribution in [2.75, 3.05) is 20.8 Å². The number of methoxy groups -OCH3 is 2. The van der Waals surface area contributed by atoms with Crippen LogP contribution in [0.2, 0.25) is 0 Å². The van der Waals surface area contributed by atoms with Crippen molar-refractivity contribution >= 4 is 15.9 Å². The Morgan fingerprint density at radius 3 is 2.43 bits per heavy atom. The molecule has 0 aliphatic carbocycles. The van der Waals surface area contributed by atoms with Crippen LogP contribution >= 0.6 is 15.9 Å². The highest BCUT2D eigenvalue weighted by Gasteiger charge is 2.21. The normalized spacial score (nSPS) is 13.8. The average molecular weight is 358 g/mol. The van der Waals surface area contributed by atoms with E-state index in [0.717, 1.165) is 35.4 Å². The van der Waals surface area contributed by atoms with Crippen molar-refractivity contribution in [2.24, 2.45) is 5.92 Å². The molecule has 0 saturated heterocycles. The molecule has 0 amide bonds. The average Bonchev–Trinajstić information content (AvgIpc) is 2.50. The molecule has 0 spiro atoms. The van der Waals surface area contributed by atoms with Crippen molar-refractivity contribution in [3.8, 4) is 11.5 Å². The number of rotatable bonds is 9. The number of hydrogen-bond donors (Lipinski definition) is 1. The molecular formula is C17H28BrNO2. The number of ether oxygens (including phenoxy) is 2. The third-order valence-corrected chi connectivity index (χ3v) is 4.62. The summed E-state index contributed by atoms with van der Waals surface area (Å²) in [7, 11) is 3.38. The van der Waals surface area contributed by atoms with E-state index >= 15 is 0 Å². The third kappa shape index (κ3) is 4.89. The summed E-state index contributed by atoms with van der Waals surface area (Å²) in [5.74, 6) is 2.34. The topological polar surface area (TPSA) is 30.5 Å². The summed E-state index contributed by atoms with van der Waals surface area (Å²) in [5.41, 5.74) is 1.19. The maximum Gasteiger partial charge on any atom is 0.141 e. The van der Waals surface area contributed by atoms with Gasteiger partial charge in [-0.3, -0.25) is 0 Å². The second-order valence-corrected chi connectivity index (χ2v) is 6.25. The van der Waals surface area contributed by atoms with Crippen molar-refractivity contribution in [1.82, 2.24) is 5.32 Å². The predicted molar refractivity (Wildman–Crippen MR) is 92.4 cm³/mol. The molecule has 1 aromatic carbocycles. The minimum Gasteiger partial charge on any atom is -0.495 e. The highest BCUT2D eigenvalue weighted by Crippen LogP contribution is 2.41. The second kappa shape index (κ2) is 9.31. The first-order chi connectivity index (χ1) is 10.1. The molecule has 1 rings (SSSR count). The molecule has 0 saturated carbocycles. The molecular weight excluding hydrogens is 330 g/mol. The third-order valence-electron chi connectivity index (χ3n) is 3.87. The molecule has 1 aromatic rings. The predicted octanol–water partition coefficient (Wildman–Crippen LogP) is 4.94. The molecule has 0 aromatic heterocycles. The standard InChI is InChI=1S/C17H28BrNO2/c1-6-10-19-14(11-12(3)7-2)13-8-9-15(20-4)16(18)17(13)21-5/h8-9,12,14,19H,6-7,10-11H2,1-5H3. The van der Waals surface area contributed by atoms with Crippen molar-refractivity contribution < 1.29 is 9.47 Å². The smallest absolute Gasteiger partial charge is 0.141 e. The molecule has 4 heteroatoms. The Labute approximate surface area is 137 Å². The number of hydrogen-bond acceptors (Lipinski definition) is 3. The van der Waals surface area contributed by atoms with Crippen LogP contribution in [0.4, 0.5) is 0 Å². The quantitative estimate of drug-likeness (QED) is 0.678. The van der Waals surface area contributed by atoms with Crippen LogP contribution in [0.25, 0.3) is 0 Å². The van der Waals surface area contributed by atoms with Crippen LogP contribution in [0, 0.1) is 5.92 Å². The fraction of sp³-hybridized carbons (Fsp3) is 0.647. The Balaban J connectivity index is 3.13. The minimum atomic E-state index is 0.303. The van der Waals surface area contributed by atoms with Crippen molar-refractivity contribution in [3.05, 3.63) is 22.2 Å². The van der Waals surface area contributed by atoms with Crippen LogP contribution in [0.15, 0.2) is 16.6 Å². The van der Waals surface area contributed by atoms with Gasteiger partial charge in [0.2, 0.25) is 0 Å². The van der Waals surface area contributed by atoms with Gasteiger partial charge in [0.25, 0.3) is 0 Å². The second-order valence-electron chi connectivity index (χ2n) is 5.46. The van der Waals surface area contributed by atoms with Gasteiger partial charge in [0.15, 0.2) is 0 Å². The van der Waals surface area contributed by atoms with Crippen LogP contribution in [0.3, 0.4) is 0 Å². The Hall–Kier alpha value is -0.740. The molecule has 0 heterocycles. The van der Waals surface area contributed by atoms with E-state index in [4.69, 9.17) is 9.47 Å². The highest BCUT2D eigenvalue weighted by atomic mass is 79.9. The Morgan fingerprint density at radius 1 is 1.19 bits per heavy atom. The Bertz CT molecular complexity index is 437. The van der Waals surface area contributed by atoms with E-state index < -0.39 is 0 Å². The van der Waals surface area contributed by atoms with E-state index in [-0.39, 0.29) is 0 Å². The van der Waals surface area contributed by atoms with Gasteiger partial charge in [0.05, 0.1) is 14.2 Å². The summed E-state index contributed by atoms with van der Waals surface area (Å²) in [6.07, 6.45) is 3.41. The fourth-order valence-corrected chi connectivity index (χ4v) is 3.09. The van der Waals surface area contributed by atoms with Gasteiger partial charge < -0.3 is 14.8 Å². The van der Waals surface area contributed by atoms with Crippen molar-refractivity contribution in [1.29, 1.82) is 0 Å². The van der Waals surface area contributed by atoms with Gasteiger partial charge in [-0.1, -0.05) is 27.2 Å². The summed E-state index contributed by atoms with van der Waals surface area (Å²) in [4.78, 5) is 0. The first kappa shape index (κ1) is 18.3. The summed E-state index contributed by atoms with van der Waals surface area (Å²) >= 11 is 3.59. The molecule has 120 valence electrons. The van der Waals surface area contributed by atoms with Crippen molar-refractivity contribution in [2.45, 2.75) is 46.1 Å². The van der Waals surface area contributed by atoms with Gasteiger partial charge in [0, 0.05) is 11.6 Å². The van der Waals surface area contributed by atoms with Crippen LogP contribution < -0.4 is 14.8 Å². The first-order valence-corrected chi connectivity index (χ1v) is 8.51. The summed E-state index contributed by atoms with van der Waals surface area (Å²) in [5, 5.41) is 3.65.